The highest BCUT2D eigenvalue weighted by Gasteiger charge is 2.14. The summed E-state index contributed by atoms with van der Waals surface area (Å²) < 4.78 is 3.95. The molecule has 0 bridgehead atoms. The van der Waals surface area contributed by atoms with E-state index in [1.807, 2.05) is 83.0 Å². The van der Waals surface area contributed by atoms with Crippen LogP contribution in [0.3, 0.4) is 0 Å². The van der Waals surface area contributed by atoms with Gasteiger partial charge < -0.3 is 4.57 Å². The molecule has 7 nitrogen and oxygen atoms in total. The summed E-state index contributed by atoms with van der Waals surface area (Å²) in [7, 11) is 0. The van der Waals surface area contributed by atoms with Crippen LogP contribution >= 0.6 is 0 Å². The molecule has 1 amide bonds. The Morgan fingerprint density at radius 1 is 0.900 bits per heavy atom. The number of carbonyl (C=O) groups is 1. The molecular formula is C23H18N6O. The molecule has 0 spiro atoms. The monoisotopic (exact) mass is 394 g/mol. The average molecular weight is 394 g/mol. The third-order valence-corrected chi connectivity index (χ3v) is 4.86. The fourth-order valence-corrected chi connectivity index (χ4v) is 3.44. The van der Waals surface area contributed by atoms with Crippen molar-refractivity contribution in [2.24, 2.45) is 0 Å². The lowest BCUT2D eigenvalue weighted by molar-refractivity contribution is 0.102. The van der Waals surface area contributed by atoms with Gasteiger partial charge in [-0.15, -0.1) is 0 Å². The second-order valence-corrected chi connectivity index (χ2v) is 6.83. The fourth-order valence-electron chi connectivity index (χ4n) is 3.44. The zero-order valence-corrected chi connectivity index (χ0v) is 16.2. The number of benzene rings is 1. The molecule has 4 aromatic heterocycles. The average Bonchev–Trinajstić information content (AvgIpc) is 3.41. The van der Waals surface area contributed by atoms with Crippen molar-refractivity contribution in [3.05, 3.63) is 96.7 Å². The maximum absolute atomic E-state index is 12.7. The van der Waals surface area contributed by atoms with E-state index in [2.05, 4.69) is 20.3 Å². The number of fused-ring (bicyclic) bond motifs is 1. The van der Waals surface area contributed by atoms with Crippen molar-refractivity contribution in [1.29, 1.82) is 0 Å². The summed E-state index contributed by atoms with van der Waals surface area (Å²) in [4.78, 5) is 26.0. The molecule has 0 unspecified atom stereocenters. The number of hydrogen-bond acceptors (Lipinski definition) is 4. The van der Waals surface area contributed by atoms with Gasteiger partial charge in [0.1, 0.15) is 5.65 Å². The van der Waals surface area contributed by atoms with E-state index in [1.54, 1.807) is 18.3 Å². The molecule has 0 aliphatic carbocycles. The van der Waals surface area contributed by atoms with Gasteiger partial charge in [0.25, 0.3) is 5.91 Å². The minimum Gasteiger partial charge on any atom is -0.324 e. The number of rotatable bonds is 4. The van der Waals surface area contributed by atoms with E-state index < -0.39 is 0 Å². The Morgan fingerprint density at radius 3 is 2.47 bits per heavy atom. The van der Waals surface area contributed by atoms with Gasteiger partial charge in [-0.2, -0.15) is 0 Å². The third kappa shape index (κ3) is 3.22. The Hall–Kier alpha value is -4.26. The normalized spacial score (nSPS) is 11.0. The number of hydrogen-bond donors (Lipinski definition) is 1. The molecule has 0 radical (unpaired) electrons. The molecule has 146 valence electrons. The van der Waals surface area contributed by atoms with E-state index in [0.29, 0.717) is 11.3 Å². The Balaban J connectivity index is 1.41. The van der Waals surface area contributed by atoms with E-state index in [-0.39, 0.29) is 11.9 Å². The molecule has 0 aliphatic heterocycles. The van der Waals surface area contributed by atoms with E-state index in [0.717, 1.165) is 22.7 Å². The van der Waals surface area contributed by atoms with E-state index in [1.165, 1.54) is 0 Å². The predicted octanol–water partition coefficient (Wildman–Crippen LogP) is 4.14. The molecular weight excluding hydrogens is 376 g/mol. The zero-order valence-electron chi connectivity index (χ0n) is 16.2. The van der Waals surface area contributed by atoms with Gasteiger partial charge in [-0.1, -0.05) is 6.07 Å². The molecule has 1 aromatic carbocycles. The molecule has 5 rings (SSSR count). The number of carbonyl (C=O) groups excluding carboxylic acids is 1. The number of anilines is 1. The number of aromatic nitrogens is 5. The standard InChI is InChI=1S/C23H18N6O/c1-16-21(29-15-3-2-6-20(29)25-16)19-11-12-24-23(26-19)27-22(30)17-7-9-18(10-8-17)28-13-4-5-14-28/h2-15H,1H3,(H,24,26,27,30). The highest BCUT2D eigenvalue weighted by molar-refractivity contribution is 6.03. The largest absolute Gasteiger partial charge is 0.324 e. The second kappa shape index (κ2) is 7.29. The van der Waals surface area contributed by atoms with Gasteiger partial charge in [0.15, 0.2) is 0 Å². The summed E-state index contributed by atoms with van der Waals surface area (Å²) in [5, 5.41) is 2.78. The highest BCUT2D eigenvalue weighted by atomic mass is 16.1. The van der Waals surface area contributed by atoms with Crippen LogP contribution in [-0.4, -0.2) is 29.8 Å². The molecule has 0 fully saturated rings. The van der Waals surface area contributed by atoms with Gasteiger partial charge >= 0.3 is 0 Å². The van der Waals surface area contributed by atoms with Crippen molar-refractivity contribution < 1.29 is 4.79 Å². The van der Waals surface area contributed by atoms with Crippen molar-refractivity contribution in [2.75, 3.05) is 5.32 Å². The van der Waals surface area contributed by atoms with Gasteiger partial charge in [0.2, 0.25) is 5.95 Å². The number of pyridine rings is 1. The lowest BCUT2D eigenvalue weighted by atomic mass is 10.2. The lowest BCUT2D eigenvalue weighted by Gasteiger charge is -2.08. The van der Waals surface area contributed by atoms with Gasteiger partial charge in [0.05, 0.1) is 17.1 Å². The Labute approximate surface area is 172 Å². The van der Waals surface area contributed by atoms with Crippen LogP contribution in [0.15, 0.2) is 85.5 Å². The molecule has 30 heavy (non-hydrogen) atoms. The first-order valence-electron chi connectivity index (χ1n) is 9.51. The molecule has 0 atom stereocenters. The number of aryl methyl sites for hydroxylation is 1. The summed E-state index contributed by atoms with van der Waals surface area (Å²) in [5.41, 5.74) is 4.79. The zero-order chi connectivity index (χ0) is 20.5. The maximum Gasteiger partial charge on any atom is 0.258 e. The number of amides is 1. The minimum atomic E-state index is -0.263. The van der Waals surface area contributed by atoms with Crippen LogP contribution in [0.1, 0.15) is 16.1 Å². The summed E-state index contributed by atoms with van der Waals surface area (Å²) in [6.45, 7) is 1.94. The highest BCUT2D eigenvalue weighted by Crippen LogP contribution is 2.23. The number of nitrogens with zero attached hydrogens (tertiary/aromatic N) is 5. The van der Waals surface area contributed by atoms with Crippen molar-refractivity contribution in [1.82, 2.24) is 23.9 Å². The third-order valence-electron chi connectivity index (χ3n) is 4.86. The smallest absolute Gasteiger partial charge is 0.258 e. The van der Waals surface area contributed by atoms with Gasteiger partial charge in [-0.25, -0.2) is 15.0 Å². The maximum atomic E-state index is 12.7. The quantitative estimate of drug-likeness (QED) is 0.497. The second-order valence-electron chi connectivity index (χ2n) is 6.83. The van der Waals surface area contributed by atoms with Crippen molar-refractivity contribution in [3.8, 4) is 17.1 Å². The SMILES string of the molecule is Cc1nc2ccccn2c1-c1ccnc(NC(=O)c2ccc(-n3cccc3)cc2)n1. The van der Waals surface area contributed by atoms with Crippen LogP contribution in [0.5, 0.6) is 0 Å². The van der Waals surface area contributed by atoms with Crippen molar-refractivity contribution in [2.45, 2.75) is 6.92 Å². The lowest BCUT2D eigenvalue weighted by Crippen LogP contribution is -2.14. The van der Waals surface area contributed by atoms with Crippen LogP contribution < -0.4 is 5.32 Å². The fraction of sp³-hybridized carbons (Fsp3) is 0.0435. The van der Waals surface area contributed by atoms with Gasteiger partial charge in [0, 0.05) is 36.0 Å². The first kappa shape index (κ1) is 17.8. The molecule has 4 heterocycles. The number of imidazole rings is 1. The summed E-state index contributed by atoms with van der Waals surface area (Å²) in [5.74, 6) is -0.0154. The molecule has 7 heteroatoms. The summed E-state index contributed by atoms with van der Waals surface area (Å²) >= 11 is 0. The van der Waals surface area contributed by atoms with E-state index in [4.69, 9.17) is 0 Å². The first-order chi connectivity index (χ1) is 14.7. The summed E-state index contributed by atoms with van der Waals surface area (Å²) in [6.07, 6.45) is 7.49. The molecule has 1 N–H and O–H groups in total. The van der Waals surface area contributed by atoms with Crippen LogP contribution in [-0.2, 0) is 0 Å². The van der Waals surface area contributed by atoms with Crippen LogP contribution in [0.4, 0.5) is 5.95 Å². The van der Waals surface area contributed by atoms with Crippen molar-refractivity contribution >= 4 is 17.5 Å². The molecule has 0 saturated heterocycles. The van der Waals surface area contributed by atoms with Gasteiger partial charge in [-0.3, -0.25) is 14.5 Å². The molecule has 0 saturated carbocycles. The molecule has 5 aromatic rings. The Kier molecular flexibility index (Phi) is 4.33. The predicted molar refractivity (Wildman–Crippen MR) is 115 cm³/mol. The molecule has 0 aliphatic rings. The Bertz CT molecular complexity index is 1340. The van der Waals surface area contributed by atoms with Crippen LogP contribution in [0.2, 0.25) is 0 Å². The van der Waals surface area contributed by atoms with Gasteiger partial charge in [-0.05, 0) is 61.5 Å². The van der Waals surface area contributed by atoms with E-state index >= 15 is 0 Å². The Morgan fingerprint density at radius 2 is 1.67 bits per heavy atom. The van der Waals surface area contributed by atoms with E-state index in [9.17, 15) is 4.79 Å². The minimum absolute atomic E-state index is 0.247. The first-order valence-corrected chi connectivity index (χ1v) is 9.51. The number of nitrogens with one attached hydrogen (secondary N) is 1. The summed E-state index contributed by atoms with van der Waals surface area (Å²) in [6, 6.07) is 18.9. The van der Waals surface area contributed by atoms with Crippen LogP contribution in [0.25, 0.3) is 22.7 Å². The van der Waals surface area contributed by atoms with Crippen molar-refractivity contribution in [3.63, 3.8) is 0 Å². The van der Waals surface area contributed by atoms with Crippen LogP contribution in [0, 0.1) is 6.92 Å². The topological polar surface area (TPSA) is 77.1 Å².